The number of nitrogens with one attached hydrogen (secondary N) is 1. The van der Waals surface area contributed by atoms with Crippen molar-refractivity contribution in [2.45, 2.75) is 6.61 Å². The predicted octanol–water partition coefficient (Wildman–Crippen LogP) is 3.13. The van der Waals surface area contributed by atoms with Crippen LogP contribution in [0.2, 0.25) is 0 Å². The molecule has 0 aliphatic heterocycles. The number of hydrogen-bond acceptors (Lipinski definition) is 5. The highest BCUT2D eigenvalue weighted by Gasteiger charge is 2.14. The molecule has 4 rings (SSSR count). The van der Waals surface area contributed by atoms with Gasteiger partial charge < -0.3 is 10.1 Å². The van der Waals surface area contributed by atoms with E-state index in [1.807, 2.05) is 47.8 Å². The topological polar surface area (TPSA) is 64.3 Å². The third-order valence-electron chi connectivity index (χ3n) is 3.99. The van der Waals surface area contributed by atoms with Gasteiger partial charge in [0.2, 0.25) is 0 Å². The molecule has 0 unspecified atom stereocenters. The molecule has 120 valence electrons. The van der Waals surface area contributed by atoms with Gasteiger partial charge in [0.25, 0.3) is 5.78 Å². The monoisotopic (exact) mass is 319 g/mol. The molecular weight excluding hydrogens is 302 g/mol. The van der Waals surface area contributed by atoms with Crippen molar-refractivity contribution in [3.8, 4) is 11.4 Å². The Balaban J connectivity index is 2.01. The van der Waals surface area contributed by atoms with Crippen LogP contribution in [0.4, 0.5) is 5.82 Å². The Morgan fingerprint density at radius 1 is 1.08 bits per heavy atom. The van der Waals surface area contributed by atoms with Gasteiger partial charge in [0.1, 0.15) is 5.82 Å². The van der Waals surface area contributed by atoms with Crippen LogP contribution in [0.5, 0.6) is 0 Å². The molecule has 2 aromatic carbocycles. The van der Waals surface area contributed by atoms with E-state index in [1.54, 1.807) is 7.11 Å². The smallest absolute Gasteiger partial charge is 0.257 e. The van der Waals surface area contributed by atoms with Crippen molar-refractivity contribution >= 4 is 22.5 Å². The quantitative estimate of drug-likeness (QED) is 0.626. The number of methoxy groups -OCH3 is 1. The van der Waals surface area contributed by atoms with E-state index >= 15 is 0 Å². The number of hydrogen-bond donors (Lipinski definition) is 1. The van der Waals surface area contributed by atoms with Crippen LogP contribution in [0.3, 0.4) is 0 Å². The van der Waals surface area contributed by atoms with E-state index in [1.165, 1.54) is 0 Å². The molecule has 0 bridgehead atoms. The summed E-state index contributed by atoms with van der Waals surface area (Å²) in [7, 11) is 3.55. The van der Waals surface area contributed by atoms with Crippen LogP contribution >= 0.6 is 0 Å². The van der Waals surface area contributed by atoms with Crippen LogP contribution in [-0.2, 0) is 11.3 Å². The predicted molar refractivity (Wildman–Crippen MR) is 94.0 cm³/mol. The lowest BCUT2D eigenvalue weighted by atomic mass is 10.1. The van der Waals surface area contributed by atoms with Crippen LogP contribution in [0.15, 0.2) is 48.5 Å². The molecular formula is C18H17N5O. The van der Waals surface area contributed by atoms with E-state index in [0.717, 1.165) is 33.7 Å². The summed E-state index contributed by atoms with van der Waals surface area (Å²) in [6.07, 6.45) is 0. The maximum absolute atomic E-state index is 5.22. The second-order valence-corrected chi connectivity index (χ2v) is 5.52. The average Bonchev–Trinajstić information content (AvgIpc) is 3.06. The summed E-state index contributed by atoms with van der Waals surface area (Å²) >= 11 is 0. The van der Waals surface area contributed by atoms with Crippen molar-refractivity contribution in [1.29, 1.82) is 0 Å². The van der Waals surface area contributed by atoms with Crippen molar-refractivity contribution < 1.29 is 4.74 Å². The number of benzene rings is 2. The number of ether oxygens (including phenoxy) is 1. The molecule has 0 radical (unpaired) electrons. The standard InChI is InChI=1S/C18H17N5O/c1-19-16-14-8-3-4-9-15(14)23-17(21-22-18(23)20-16)13-7-5-6-12(10-13)11-24-2/h3-10H,11H2,1-2H3,(H,19,20,22). The molecule has 0 aliphatic rings. The first-order valence-electron chi connectivity index (χ1n) is 7.71. The molecule has 24 heavy (non-hydrogen) atoms. The van der Waals surface area contributed by atoms with Crippen molar-refractivity contribution in [3.05, 3.63) is 54.1 Å². The Morgan fingerprint density at radius 2 is 1.96 bits per heavy atom. The van der Waals surface area contributed by atoms with Crippen molar-refractivity contribution in [3.63, 3.8) is 0 Å². The Labute approximate surface area is 139 Å². The minimum absolute atomic E-state index is 0.563. The van der Waals surface area contributed by atoms with Gasteiger partial charge in [-0.25, -0.2) is 0 Å². The second-order valence-electron chi connectivity index (χ2n) is 5.52. The number of anilines is 1. The van der Waals surface area contributed by atoms with Gasteiger partial charge in [-0.1, -0.05) is 30.3 Å². The number of fused-ring (bicyclic) bond motifs is 3. The molecule has 0 saturated heterocycles. The lowest BCUT2D eigenvalue weighted by Gasteiger charge is -2.09. The van der Waals surface area contributed by atoms with E-state index in [9.17, 15) is 0 Å². The highest BCUT2D eigenvalue weighted by Crippen LogP contribution is 2.27. The third-order valence-corrected chi connectivity index (χ3v) is 3.99. The summed E-state index contributed by atoms with van der Waals surface area (Å²) in [4.78, 5) is 4.58. The van der Waals surface area contributed by atoms with E-state index in [4.69, 9.17) is 4.74 Å². The van der Waals surface area contributed by atoms with Gasteiger partial charge in [-0.3, -0.25) is 4.40 Å². The molecule has 2 aromatic heterocycles. The lowest BCUT2D eigenvalue weighted by Crippen LogP contribution is -2.00. The van der Waals surface area contributed by atoms with Gasteiger partial charge in [-0.05, 0) is 23.8 Å². The fraction of sp³-hybridized carbons (Fsp3) is 0.167. The number of rotatable bonds is 4. The molecule has 0 amide bonds. The Morgan fingerprint density at radius 3 is 2.79 bits per heavy atom. The summed E-state index contributed by atoms with van der Waals surface area (Å²) in [5.74, 6) is 2.14. The highest BCUT2D eigenvalue weighted by molar-refractivity contribution is 5.92. The third kappa shape index (κ3) is 2.28. The molecule has 0 atom stereocenters. The summed E-state index contributed by atoms with van der Waals surface area (Å²) in [6, 6.07) is 16.2. The highest BCUT2D eigenvalue weighted by atomic mass is 16.5. The summed E-state index contributed by atoms with van der Waals surface area (Å²) in [5.41, 5.74) is 3.10. The first-order valence-corrected chi connectivity index (χ1v) is 7.71. The second kappa shape index (κ2) is 5.90. The SMILES string of the molecule is CNc1nc2nnc(-c3cccc(COC)c3)n2c2ccccc12. The van der Waals surface area contributed by atoms with Crippen LogP contribution in [0.1, 0.15) is 5.56 Å². The van der Waals surface area contributed by atoms with Gasteiger partial charge in [0.15, 0.2) is 5.82 Å². The zero-order valence-corrected chi connectivity index (χ0v) is 13.5. The molecule has 1 N–H and O–H groups in total. The van der Waals surface area contributed by atoms with Gasteiger partial charge in [0, 0.05) is 25.1 Å². The Kier molecular flexibility index (Phi) is 3.59. The Hall–Kier alpha value is -2.99. The fourth-order valence-corrected chi connectivity index (χ4v) is 2.94. The van der Waals surface area contributed by atoms with Crippen LogP contribution in [-0.4, -0.2) is 33.7 Å². The fourth-order valence-electron chi connectivity index (χ4n) is 2.94. The zero-order chi connectivity index (χ0) is 16.5. The minimum Gasteiger partial charge on any atom is -0.380 e. The molecule has 6 nitrogen and oxygen atoms in total. The molecule has 0 aliphatic carbocycles. The maximum atomic E-state index is 5.22. The molecule has 0 saturated carbocycles. The van der Waals surface area contributed by atoms with E-state index < -0.39 is 0 Å². The van der Waals surface area contributed by atoms with Crippen LogP contribution < -0.4 is 5.32 Å². The van der Waals surface area contributed by atoms with Crippen molar-refractivity contribution in [2.24, 2.45) is 0 Å². The molecule has 2 heterocycles. The molecule has 0 spiro atoms. The Bertz CT molecular complexity index is 1020. The maximum Gasteiger partial charge on any atom is 0.257 e. The van der Waals surface area contributed by atoms with E-state index in [2.05, 4.69) is 32.6 Å². The van der Waals surface area contributed by atoms with Gasteiger partial charge >= 0.3 is 0 Å². The van der Waals surface area contributed by atoms with Crippen molar-refractivity contribution in [1.82, 2.24) is 19.6 Å². The van der Waals surface area contributed by atoms with Crippen LogP contribution in [0, 0.1) is 0 Å². The largest absolute Gasteiger partial charge is 0.380 e. The minimum atomic E-state index is 0.563. The summed E-state index contributed by atoms with van der Waals surface area (Å²) in [5, 5.41) is 12.8. The first kappa shape index (κ1) is 14.6. The summed E-state index contributed by atoms with van der Waals surface area (Å²) in [6.45, 7) is 0.563. The lowest BCUT2D eigenvalue weighted by molar-refractivity contribution is 0.185. The number of aromatic nitrogens is 4. The van der Waals surface area contributed by atoms with E-state index in [-0.39, 0.29) is 0 Å². The molecule has 4 aromatic rings. The van der Waals surface area contributed by atoms with Gasteiger partial charge in [0.05, 0.1) is 12.1 Å². The van der Waals surface area contributed by atoms with E-state index in [0.29, 0.717) is 12.4 Å². The normalized spacial score (nSPS) is 11.2. The van der Waals surface area contributed by atoms with Crippen molar-refractivity contribution in [2.75, 3.05) is 19.5 Å². The van der Waals surface area contributed by atoms with Gasteiger partial charge in [-0.15, -0.1) is 10.2 Å². The molecule has 6 heteroatoms. The first-order chi connectivity index (χ1) is 11.8. The van der Waals surface area contributed by atoms with Gasteiger partial charge in [-0.2, -0.15) is 4.98 Å². The number of para-hydroxylation sites is 1. The number of nitrogens with zero attached hydrogens (tertiary/aromatic N) is 4. The molecule has 0 fully saturated rings. The zero-order valence-electron chi connectivity index (χ0n) is 13.5. The summed E-state index contributed by atoms with van der Waals surface area (Å²) < 4.78 is 7.21. The van der Waals surface area contributed by atoms with Crippen LogP contribution in [0.25, 0.3) is 28.1 Å². The average molecular weight is 319 g/mol.